The molecule has 0 amide bonds. The Hall–Kier alpha value is -1.10. The van der Waals surface area contributed by atoms with Crippen LogP contribution in [0.3, 0.4) is 0 Å². The molecule has 1 aromatic rings. The number of aromatic nitrogens is 1. The molecule has 1 aliphatic rings. The number of nitrogen functional groups attached to an aromatic ring is 1. The fourth-order valence-corrected chi connectivity index (χ4v) is 2.85. The van der Waals surface area contributed by atoms with E-state index in [2.05, 4.69) is 4.37 Å². The smallest absolute Gasteiger partial charge is 0.343 e. The minimum atomic E-state index is -0.305. The van der Waals surface area contributed by atoms with Crippen LogP contribution in [0, 0.1) is 6.92 Å². The number of ether oxygens (including phenoxy) is 1. The average Bonchev–Trinajstić information content (AvgIpc) is 2.53. The highest BCUT2D eigenvalue weighted by atomic mass is 32.1. The largest absolute Gasteiger partial charge is 0.459 e. The van der Waals surface area contributed by atoms with Crippen LogP contribution >= 0.6 is 11.5 Å². The Morgan fingerprint density at radius 3 is 2.53 bits per heavy atom. The van der Waals surface area contributed by atoms with Gasteiger partial charge in [-0.05, 0) is 44.1 Å². The van der Waals surface area contributed by atoms with E-state index in [-0.39, 0.29) is 12.1 Å². The average molecular weight is 254 g/mol. The lowest BCUT2D eigenvalue weighted by Crippen LogP contribution is -2.18. The summed E-state index contributed by atoms with van der Waals surface area (Å²) in [7, 11) is 0. The maximum atomic E-state index is 12.0. The van der Waals surface area contributed by atoms with Crippen LogP contribution in [0.25, 0.3) is 0 Å². The molecule has 0 aliphatic heterocycles. The number of rotatable bonds is 2. The van der Waals surface area contributed by atoms with Crippen LogP contribution in [0.2, 0.25) is 0 Å². The van der Waals surface area contributed by atoms with E-state index in [9.17, 15) is 4.79 Å². The molecule has 2 N–H and O–H groups in total. The van der Waals surface area contributed by atoms with Gasteiger partial charge in [0.1, 0.15) is 16.7 Å². The molecule has 1 aliphatic carbocycles. The van der Waals surface area contributed by atoms with Gasteiger partial charge >= 0.3 is 5.97 Å². The number of nitrogens with two attached hydrogens (primary N) is 1. The van der Waals surface area contributed by atoms with Gasteiger partial charge in [-0.3, -0.25) is 0 Å². The molecule has 0 saturated heterocycles. The van der Waals surface area contributed by atoms with Gasteiger partial charge in [-0.1, -0.05) is 12.8 Å². The lowest BCUT2D eigenvalue weighted by molar-refractivity contribution is 0.0268. The highest BCUT2D eigenvalue weighted by Gasteiger charge is 2.22. The number of anilines is 1. The Morgan fingerprint density at radius 2 is 2.00 bits per heavy atom. The van der Waals surface area contributed by atoms with Gasteiger partial charge in [-0.2, -0.15) is 4.37 Å². The van der Waals surface area contributed by atoms with Gasteiger partial charge in [0.25, 0.3) is 0 Å². The van der Waals surface area contributed by atoms with Crippen molar-refractivity contribution in [2.24, 2.45) is 0 Å². The van der Waals surface area contributed by atoms with E-state index in [4.69, 9.17) is 10.5 Å². The van der Waals surface area contributed by atoms with Crippen LogP contribution < -0.4 is 5.73 Å². The van der Waals surface area contributed by atoms with Gasteiger partial charge in [0.2, 0.25) is 0 Å². The Labute approximate surface area is 105 Å². The minimum Gasteiger partial charge on any atom is -0.459 e. The van der Waals surface area contributed by atoms with Crippen molar-refractivity contribution in [2.75, 3.05) is 5.73 Å². The quantitative estimate of drug-likeness (QED) is 0.651. The van der Waals surface area contributed by atoms with Crippen molar-refractivity contribution in [1.29, 1.82) is 0 Å². The molecule has 1 saturated carbocycles. The molecule has 17 heavy (non-hydrogen) atoms. The molecule has 5 heteroatoms. The fourth-order valence-electron chi connectivity index (χ4n) is 2.21. The highest BCUT2D eigenvalue weighted by Crippen LogP contribution is 2.25. The van der Waals surface area contributed by atoms with E-state index < -0.39 is 0 Å². The number of esters is 1. The topological polar surface area (TPSA) is 65.2 Å². The van der Waals surface area contributed by atoms with Crippen molar-refractivity contribution in [1.82, 2.24) is 4.37 Å². The van der Waals surface area contributed by atoms with Crippen LogP contribution in [0.15, 0.2) is 0 Å². The van der Waals surface area contributed by atoms with Gasteiger partial charge in [0.15, 0.2) is 0 Å². The molecule has 1 aromatic heterocycles. The molecule has 0 bridgehead atoms. The van der Waals surface area contributed by atoms with E-state index in [0.29, 0.717) is 16.3 Å². The standard InChI is InChI=1S/C12H18N2O2S/c1-8-10(11(13)17-14-8)12(15)16-9-6-4-2-3-5-7-9/h9H,2-7,13H2,1H3. The minimum absolute atomic E-state index is 0.0590. The molecule has 0 unspecified atom stereocenters. The molecule has 0 radical (unpaired) electrons. The maximum absolute atomic E-state index is 12.0. The van der Waals surface area contributed by atoms with Crippen LogP contribution in [-0.2, 0) is 4.74 Å². The predicted molar refractivity (Wildman–Crippen MR) is 68.2 cm³/mol. The SMILES string of the molecule is Cc1nsc(N)c1C(=O)OC1CCCCCC1. The second kappa shape index (κ2) is 5.49. The van der Waals surface area contributed by atoms with Crippen LogP contribution in [0.1, 0.15) is 54.6 Å². The molecular weight excluding hydrogens is 236 g/mol. The number of carbonyl (C=O) groups is 1. The fraction of sp³-hybridized carbons (Fsp3) is 0.667. The van der Waals surface area contributed by atoms with Crippen molar-refractivity contribution < 1.29 is 9.53 Å². The maximum Gasteiger partial charge on any atom is 0.343 e. The molecule has 0 atom stereocenters. The third-order valence-corrected chi connectivity index (χ3v) is 3.94. The first kappa shape index (κ1) is 12.4. The van der Waals surface area contributed by atoms with Gasteiger partial charge in [0, 0.05) is 0 Å². The zero-order chi connectivity index (χ0) is 12.3. The summed E-state index contributed by atoms with van der Waals surface area (Å²) in [5.74, 6) is -0.305. The lowest BCUT2D eigenvalue weighted by Gasteiger charge is -2.15. The molecule has 0 aromatic carbocycles. The first-order chi connectivity index (χ1) is 8.18. The molecule has 4 nitrogen and oxygen atoms in total. The predicted octanol–water partition coefficient (Wildman–Crippen LogP) is 2.91. The van der Waals surface area contributed by atoms with Gasteiger partial charge in [-0.25, -0.2) is 4.79 Å². The van der Waals surface area contributed by atoms with Crippen molar-refractivity contribution in [3.8, 4) is 0 Å². The van der Waals surface area contributed by atoms with Crippen LogP contribution in [-0.4, -0.2) is 16.4 Å². The Morgan fingerprint density at radius 1 is 1.35 bits per heavy atom. The first-order valence-electron chi connectivity index (χ1n) is 6.11. The third kappa shape index (κ3) is 2.97. The zero-order valence-corrected chi connectivity index (χ0v) is 10.9. The highest BCUT2D eigenvalue weighted by molar-refractivity contribution is 7.10. The summed E-state index contributed by atoms with van der Waals surface area (Å²) in [4.78, 5) is 12.0. The van der Waals surface area contributed by atoms with E-state index in [1.807, 2.05) is 0 Å². The number of nitrogens with zero attached hydrogens (tertiary/aromatic N) is 1. The number of aryl methyl sites for hydroxylation is 1. The summed E-state index contributed by atoms with van der Waals surface area (Å²) in [6.45, 7) is 1.79. The van der Waals surface area contributed by atoms with E-state index in [1.54, 1.807) is 6.92 Å². The summed E-state index contributed by atoms with van der Waals surface area (Å²) < 4.78 is 9.59. The van der Waals surface area contributed by atoms with Crippen molar-refractivity contribution in [3.63, 3.8) is 0 Å². The van der Waals surface area contributed by atoms with E-state index >= 15 is 0 Å². The molecule has 1 fully saturated rings. The van der Waals surface area contributed by atoms with Crippen LogP contribution in [0.4, 0.5) is 5.00 Å². The molecule has 2 rings (SSSR count). The summed E-state index contributed by atoms with van der Waals surface area (Å²) in [6, 6.07) is 0. The summed E-state index contributed by atoms with van der Waals surface area (Å²) >= 11 is 1.15. The van der Waals surface area contributed by atoms with Crippen LogP contribution in [0.5, 0.6) is 0 Å². The summed E-state index contributed by atoms with van der Waals surface area (Å²) in [5, 5.41) is 0.459. The Bertz CT molecular complexity index is 376. The van der Waals surface area contributed by atoms with E-state index in [1.165, 1.54) is 12.8 Å². The first-order valence-corrected chi connectivity index (χ1v) is 6.88. The number of hydrogen-bond donors (Lipinski definition) is 1. The molecular formula is C12H18N2O2S. The summed E-state index contributed by atoms with van der Waals surface area (Å²) in [5.41, 5.74) is 6.86. The van der Waals surface area contributed by atoms with Crippen molar-refractivity contribution in [3.05, 3.63) is 11.3 Å². The number of hydrogen-bond acceptors (Lipinski definition) is 5. The number of carbonyl (C=O) groups excluding carboxylic acids is 1. The van der Waals surface area contributed by atoms with Crippen molar-refractivity contribution >= 4 is 22.5 Å². The van der Waals surface area contributed by atoms with Gasteiger partial charge < -0.3 is 10.5 Å². The van der Waals surface area contributed by atoms with Gasteiger partial charge in [-0.15, -0.1) is 0 Å². The normalized spacial score (nSPS) is 17.7. The third-order valence-electron chi connectivity index (χ3n) is 3.17. The Kier molecular flexibility index (Phi) is 3.99. The summed E-state index contributed by atoms with van der Waals surface area (Å²) in [6.07, 6.45) is 6.79. The molecule has 94 valence electrons. The van der Waals surface area contributed by atoms with Crippen molar-refractivity contribution in [2.45, 2.75) is 51.6 Å². The second-order valence-electron chi connectivity index (χ2n) is 4.53. The van der Waals surface area contributed by atoms with Gasteiger partial charge in [0.05, 0.1) is 5.69 Å². The zero-order valence-electron chi connectivity index (χ0n) is 10.1. The Balaban J connectivity index is 2.01. The lowest BCUT2D eigenvalue weighted by atomic mass is 10.1. The molecule has 0 spiro atoms. The van der Waals surface area contributed by atoms with E-state index in [0.717, 1.165) is 37.2 Å². The molecule has 1 heterocycles. The second-order valence-corrected chi connectivity index (χ2v) is 5.33. The monoisotopic (exact) mass is 254 g/mol.